The third kappa shape index (κ3) is 18.9. The minimum atomic E-state index is -1.07. The molecule has 8 amide bonds. The van der Waals surface area contributed by atoms with Crippen molar-refractivity contribution in [2.45, 2.75) is 177 Å². The largest absolute Gasteiger partial charge is 0.380 e. The van der Waals surface area contributed by atoms with Crippen LogP contribution >= 0.6 is 0 Å². The number of fused-ring (bicyclic) bond motifs is 2. The zero-order valence-electron chi connectivity index (χ0n) is 57.0. The van der Waals surface area contributed by atoms with Crippen molar-refractivity contribution in [3.8, 4) is 0 Å². The summed E-state index contributed by atoms with van der Waals surface area (Å²) in [4.78, 5) is 143. The van der Waals surface area contributed by atoms with Crippen LogP contribution < -0.4 is 74.7 Å². The van der Waals surface area contributed by atoms with Crippen molar-refractivity contribution in [1.29, 1.82) is 0 Å². The van der Waals surface area contributed by atoms with Crippen molar-refractivity contribution in [3.63, 3.8) is 0 Å². The molecule has 0 spiro atoms. The molecule has 4 aliphatic heterocycles. The Morgan fingerprint density at radius 2 is 0.786 bits per heavy atom. The molecule has 0 unspecified atom stereocenters. The Labute approximate surface area is 574 Å². The number of hydrogen-bond donors (Lipinski definition) is 12. The highest BCUT2D eigenvalue weighted by atomic mass is 16.2. The summed E-state index contributed by atoms with van der Waals surface area (Å²) in [6, 6.07) is 30.6. The summed E-state index contributed by atoms with van der Waals surface area (Å²) >= 11 is 0. The van der Waals surface area contributed by atoms with E-state index in [0.29, 0.717) is 140 Å². The molecule has 4 fully saturated rings. The summed E-state index contributed by atoms with van der Waals surface area (Å²) in [7, 11) is 3.42. The van der Waals surface area contributed by atoms with Crippen LogP contribution in [0.2, 0.25) is 0 Å². The van der Waals surface area contributed by atoms with E-state index in [4.69, 9.17) is 0 Å². The molecule has 4 heterocycles. The normalized spacial score (nSPS) is 21.8. The van der Waals surface area contributed by atoms with E-state index in [1.807, 2.05) is 86.6 Å². The van der Waals surface area contributed by atoms with Crippen LogP contribution in [0.4, 0.5) is 11.4 Å². The molecule has 5 aromatic rings. The molecule has 4 saturated heterocycles. The third-order valence-electron chi connectivity index (χ3n) is 19.9. The Bertz CT molecular complexity index is 3290. The molecule has 4 aliphatic rings. The van der Waals surface area contributed by atoms with Crippen LogP contribution in [-0.4, -0.2) is 159 Å². The van der Waals surface area contributed by atoms with E-state index in [1.165, 1.54) is 0 Å². The van der Waals surface area contributed by atoms with Gasteiger partial charge in [0.15, 0.2) is 0 Å². The zero-order chi connectivity index (χ0) is 69.5. The highest BCUT2D eigenvalue weighted by Crippen LogP contribution is 2.37. The highest BCUT2D eigenvalue weighted by molar-refractivity contribution is 5.97. The first-order valence-electron chi connectivity index (χ1n) is 35.3. The first kappa shape index (κ1) is 73.4. The summed E-state index contributed by atoms with van der Waals surface area (Å²) in [5, 5.41) is 37.3. The monoisotopic (exact) mass is 1340 g/mol. The topological polar surface area (TPSA) is 322 Å². The Morgan fingerprint density at radius 3 is 1.14 bits per heavy atom. The molecule has 24 heteroatoms. The lowest BCUT2D eigenvalue weighted by atomic mass is 9.92. The number of benzene rings is 4. The minimum Gasteiger partial charge on any atom is -0.380 e. The van der Waals surface area contributed by atoms with E-state index in [2.05, 4.69) is 63.8 Å². The Kier molecular flexibility index (Phi) is 27.5. The number of likely N-dealkylation sites (N-methyl/N-ethyl adjacent to an activating group) is 2. The highest BCUT2D eigenvalue weighted by Gasteiger charge is 2.50. The second kappa shape index (κ2) is 36.7. The van der Waals surface area contributed by atoms with Gasteiger partial charge in [-0.05, 0) is 126 Å². The predicted molar refractivity (Wildman–Crippen MR) is 377 cm³/mol. The van der Waals surface area contributed by atoms with Gasteiger partial charge in [0.2, 0.25) is 47.3 Å². The number of unbranched alkanes of at least 4 members (excludes halogenated alkanes) is 2. The second-order valence-electron chi connectivity index (χ2n) is 26.3. The lowest BCUT2D eigenvalue weighted by Gasteiger charge is -2.33. The average molecular weight is 1350 g/mol. The fourth-order valence-electron chi connectivity index (χ4n) is 14.4. The van der Waals surface area contributed by atoms with E-state index in [-0.39, 0.29) is 72.0 Å². The fraction of sp³-hybridized carbons (Fsp3) is 0.514. The molecule has 0 aliphatic carbocycles. The van der Waals surface area contributed by atoms with Gasteiger partial charge in [-0.1, -0.05) is 135 Å². The van der Waals surface area contributed by atoms with Gasteiger partial charge in [0, 0.05) is 76.3 Å². The van der Waals surface area contributed by atoms with Crippen molar-refractivity contribution < 1.29 is 38.4 Å². The van der Waals surface area contributed by atoms with E-state index in [9.17, 15) is 47.9 Å². The number of anilines is 2. The van der Waals surface area contributed by atoms with Crippen molar-refractivity contribution in [2.24, 2.45) is 11.8 Å². The Morgan fingerprint density at radius 1 is 0.439 bits per heavy atom. The van der Waals surface area contributed by atoms with E-state index >= 15 is 0 Å². The standard InChI is InChI=1S/C74H100N14O10/c1-5-55(75-3)67(91)85-61-51(45-77-43-47-23-11-7-12-24-47)31-33-53-35-37-57(87(53)73(61)97)69(93)83-59(49-27-15-9-16-28-49)71(95)81-41-21-19-39-79-63-64(66(90)65(63)89)80-40-20-22-42-82-72(96)60(50-29-17-10-18-30-50)84-70(94)58-38-36-54-34-32-52(46-78-44-48-25-13-8-14-26-48)62(74(98)88(54)58)86-68(92)56(6-2)76-4/h7-18,23-30,51-62,75-80H,5-6,19-22,31-46H2,1-4H3,(H,81,95)(H,82,96)(H,83,93)(H,84,94)(H,85,91)(H,86,92)/t51-,52-,53+,54+,55+,56+,57+,58+,59+,60+,61+,62+/m1/s1. The molecule has 12 atom stereocenters. The number of nitrogens with zero attached hydrogens (tertiary/aromatic N) is 2. The zero-order valence-corrected chi connectivity index (χ0v) is 57.0. The molecule has 0 radical (unpaired) electrons. The number of hydrogen-bond acceptors (Lipinski definition) is 16. The maximum atomic E-state index is 14.8. The molecular weight excluding hydrogens is 1240 g/mol. The molecular formula is C74H100N14O10. The molecule has 24 nitrogen and oxygen atoms in total. The molecule has 12 N–H and O–H groups in total. The molecule has 0 saturated carbocycles. The van der Waals surface area contributed by atoms with Crippen LogP contribution in [0.5, 0.6) is 0 Å². The summed E-state index contributed by atoms with van der Waals surface area (Å²) in [5.74, 6) is -3.45. The van der Waals surface area contributed by atoms with Crippen LogP contribution in [0.3, 0.4) is 0 Å². The van der Waals surface area contributed by atoms with Gasteiger partial charge in [0.1, 0.15) is 47.6 Å². The van der Waals surface area contributed by atoms with E-state index < -0.39 is 82.8 Å². The lowest BCUT2D eigenvalue weighted by Crippen LogP contribution is -2.59. The van der Waals surface area contributed by atoms with Crippen LogP contribution in [0.25, 0.3) is 0 Å². The van der Waals surface area contributed by atoms with Crippen LogP contribution in [0.1, 0.15) is 138 Å². The van der Waals surface area contributed by atoms with E-state index in [0.717, 1.165) is 11.1 Å². The summed E-state index contributed by atoms with van der Waals surface area (Å²) < 4.78 is 0. The van der Waals surface area contributed by atoms with Gasteiger partial charge >= 0.3 is 0 Å². The number of rotatable bonds is 36. The smallest absolute Gasteiger partial charge is 0.253 e. The van der Waals surface area contributed by atoms with Gasteiger partial charge in [0.25, 0.3) is 10.9 Å². The molecule has 98 heavy (non-hydrogen) atoms. The summed E-state index contributed by atoms with van der Waals surface area (Å²) in [6.45, 7) is 7.06. The first-order chi connectivity index (χ1) is 47.6. The van der Waals surface area contributed by atoms with Gasteiger partial charge in [0.05, 0.1) is 12.1 Å². The first-order valence-corrected chi connectivity index (χ1v) is 35.3. The van der Waals surface area contributed by atoms with Gasteiger partial charge in [-0.25, -0.2) is 0 Å². The van der Waals surface area contributed by atoms with Crippen molar-refractivity contribution in [3.05, 3.63) is 164 Å². The second-order valence-corrected chi connectivity index (χ2v) is 26.3. The fourth-order valence-corrected chi connectivity index (χ4v) is 14.4. The predicted octanol–water partition coefficient (Wildman–Crippen LogP) is 3.70. The minimum absolute atomic E-state index is 0.176. The average Bonchev–Trinajstić information content (AvgIpc) is 1.74. The van der Waals surface area contributed by atoms with Crippen molar-refractivity contribution in [1.82, 2.24) is 63.0 Å². The Balaban J connectivity index is 0.727. The third-order valence-corrected chi connectivity index (χ3v) is 19.9. The number of nitrogens with one attached hydrogen (secondary N) is 12. The lowest BCUT2D eigenvalue weighted by molar-refractivity contribution is -0.144. The number of amides is 8. The number of carbonyl (C=O) groups excluding carboxylic acids is 8. The van der Waals surface area contributed by atoms with Crippen LogP contribution in [-0.2, 0) is 51.4 Å². The Hall–Kier alpha value is -8.84. The van der Waals surface area contributed by atoms with Gasteiger partial charge in [-0.2, -0.15) is 0 Å². The molecule has 5 aromatic carbocycles. The van der Waals surface area contributed by atoms with Gasteiger partial charge in [-0.15, -0.1) is 0 Å². The molecule has 0 aromatic heterocycles. The van der Waals surface area contributed by atoms with Crippen LogP contribution in [0.15, 0.2) is 131 Å². The summed E-state index contributed by atoms with van der Waals surface area (Å²) in [6.07, 6.45) is 7.68. The molecule has 0 bridgehead atoms. The maximum absolute atomic E-state index is 14.8. The quantitative estimate of drug-likeness (QED) is 0.0201. The summed E-state index contributed by atoms with van der Waals surface area (Å²) in [5.41, 5.74) is 2.38. The van der Waals surface area contributed by atoms with Crippen LogP contribution in [0, 0.1) is 11.8 Å². The van der Waals surface area contributed by atoms with Gasteiger partial charge < -0.3 is 73.6 Å². The number of carbonyl (C=O) groups is 8. The molecule has 9 rings (SSSR count). The maximum Gasteiger partial charge on any atom is 0.253 e. The molecule has 526 valence electrons. The van der Waals surface area contributed by atoms with Gasteiger partial charge in [-0.3, -0.25) is 47.9 Å². The van der Waals surface area contributed by atoms with Crippen molar-refractivity contribution in [2.75, 3.05) is 64.0 Å². The SMILES string of the molecule is CC[C@H](NC)C(=O)N[C@@H]1C(=O)N2[C@@H](CC[C@@H]1CNCc1ccccc1)CC[C@H]2C(=O)N[C@H](C(=O)NCCCCNc1c(NCCCCNC(=O)[C@@H](NC(=O)[C@@H]2CC[C@@H]3CC[C@H](CNCc4ccccc4)[C@H](NC(=O)[C@H](CC)NC)C(=O)N32)c2ccccc2)c(=O)c1=O)c1ccccc1. The van der Waals surface area contributed by atoms with Crippen molar-refractivity contribution >= 4 is 58.6 Å². The van der Waals surface area contributed by atoms with E-state index in [1.54, 1.807) is 72.4 Å².